The van der Waals surface area contributed by atoms with Gasteiger partial charge in [0.25, 0.3) is 0 Å². The predicted molar refractivity (Wildman–Crippen MR) is 68.6 cm³/mol. The maximum absolute atomic E-state index is 5.76. The summed E-state index contributed by atoms with van der Waals surface area (Å²) in [6, 6.07) is 0. The minimum Gasteiger partial charge on any atom is -0.382 e. The van der Waals surface area contributed by atoms with Crippen LogP contribution in [-0.2, 0) is 7.05 Å². The largest absolute Gasteiger partial charge is 0.382 e. The fraction of sp³-hybridized carbons (Fsp3) is 0.750. The van der Waals surface area contributed by atoms with E-state index >= 15 is 0 Å². The van der Waals surface area contributed by atoms with E-state index in [1.165, 1.54) is 5.69 Å². The van der Waals surface area contributed by atoms with Crippen molar-refractivity contribution in [3.63, 3.8) is 0 Å². The molecule has 92 valence electrons. The Kier molecular flexibility index (Phi) is 4.35. The second-order valence-electron chi connectivity index (χ2n) is 4.79. The average molecular weight is 224 g/mol. The molecule has 0 saturated heterocycles. The van der Waals surface area contributed by atoms with E-state index in [0.29, 0.717) is 11.8 Å². The van der Waals surface area contributed by atoms with E-state index in [0.717, 1.165) is 24.5 Å². The van der Waals surface area contributed by atoms with Crippen LogP contribution in [0.4, 0.5) is 5.69 Å². The molecule has 0 aliphatic carbocycles. The number of rotatable bonds is 5. The first-order valence-electron chi connectivity index (χ1n) is 5.91. The molecule has 4 heteroatoms. The Bertz CT molecular complexity index is 341. The number of nitrogens with two attached hydrogens (primary N) is 1. The molecule has 0 spiro atoms. The zero-order chi connectivity index (χ0) is 12.3. The number of aromatic nitrogens is 2. The molecule has 0 aliphatic heterocycles. The Morgan fingerprint density at radius 3 is 2.38 bits per heavy atom. The van der Waals surface area contributed by atoms with E-state index in [2.05, 4.69) is 31.2 Å². The average Bonchev–Trinajstić information content (AvgIpc) is 2.44. The smallest absolute Gasteiger partial charge is 0.0827 e. The summed E-state index contributed by atoms with van der Waals surface area (Å²) in [6.45, 7) is 10.2. The third-order valence-corrected chi connectivity index (χ3v) is 3.30. The van der Waals surface area contributed by atoms with Crippen LogP contribution in [0.5, 0.6) is 0 Å². The summed E-state index contributed by atoms with van der Waals surface area (Å²) in [5.41, 5.74) is 9.15. The van der Waals surface area contributed by atoms with Gasteiger partial charge in [-0.1, -0.05) is 13.8 Å². The van der Waals surface area contributed by atoms with Crippen molar-refractivity contribution in [1.29, 1.82) is 0 Å². The normalized spacial score (nSPS) is 13.2. The van der Waals surface area contributed by atoms with Crippen molar-refractivity contribution in [3.05, 3.63) is 11.4 Å². The molecule has 1 aromatic rings. The summed E-state index contributed by atoms with van der Waals surface area (Å²) in [4.78, 5) is 0. The van der Waals surface area contributed by atoms with E-state index in [1.807, 2.05) is 18.7 Å². The van der Waals surface area contributed by atoms with E-state index in [1.54, 1.807) is 0 Å². The number of anilines is 1. The van der Waals surface area contributed by atoms with Crippen molar-refractivity contribution in [2.75, 3.05) is 18.4 Å². The van der Waals surface area contributed by atoms with Gasteiger partial charge in [-0.15, -0.1) is 0 Å². The molecule has 0 radical (unpaired) electrons. The summed E-state index contributed by atoms with van der Waals surface area (Å²) in [6.07, 6.45) is 0. The molecule has 0 amide bonds. The van der Waals surface area contributed by atoms with Crippen LogP contribution in [0.25, 0.3) is 0 Å². The minimum atomic E-state index is 0.513. The second kappa shape index (κ2) is 5.34. The summed E-state index contributed by atoms with van der Waals surface area (Å²) in [5, 5.41) is 7.85. The monoisotopic (exact) mass is 224 g/mol. The highest BCUT2D eigenvalue weighted by molar-refractivity contribution is 5.51. The van der Waals surface area contributed by atoms with Crippen LogP contribution in [0.2, 0.25) is 0 Å². The molecule has 0 aliphatic rings. The van der Waals surface area contributed by atoms with Gasteiger partial charge in [-0.2, -0.15) is 5.10 Å². The summed E-state index contributed by atoms with van der Waals surface area (Å²) in [5.74, 6) is 1.12. The zero-order valence-electron chi connectivity index (χ0n) is 11.0. The second-order valence-corrected chi connectivity index (χ2v) is 4.79. The van der Waals surface area contributed by atoms with Crippen LogP contribution >= 0.6 is 0 Å². The van der Waals surface area contributed by atoms with E-state index in [4.69, 9.17) is 5.73 Å². The van der Waals surface area contributed by atoms with Gasteiger partial charge in [-0.05, 0) is 32.2 Å². The van der Waals surface area contributed by atoms with Gasteiger partial charge >= 0.3 is 0 Å². The maximum atomic E-state index is 5.76. The van der Waals surface area contributed by atoms with Crippen LogP contribution < -0.4 is 11.1 Å². The van der Waals surface area contributed by atoms with Gasteiger partial charge in [0, 0.05) is 13.6 Å². The number of aryl methyl sites for hydroxylation is 2. The fourth-order valence-electron chi connectivity index (χ4n) is 1.85. The Balaban J connectivity index is 2.67. The SMILES string of the molecule is Cc1nn(C)c(C)c1NCC(CN)C(C)C. The molecule has 1 aromatic heterocycles. The first kappa shape index (κ1) is 13.0. The molecule has 1 unspecified atom stereocenters. The van der Waals surface area contributed by atoms with Crippen LogP contribution in [0, 0.1) is 25.7 Å². The van der Waals surface area contributed by atoms with Gasteiger partial charge < -0.3 is 11.1 Å². The summed E-state index contributed by atoms with van der Waals surface area (Å²) in [7, 11) is 1.97. The molecule has 0 fully saturated rings. The lowest BCUT2D eigenvalue weighted by Crippen LogP contribution is -2.27. The number of hydrogen-bond acceptors (Lipinski definition) is 3. The molecule has 1 heterocycles. The van der Waals surface area contributed by atoms with E-state index in [-0.39, 0.29) is 0 Å². The molecule has 0 aromatic carbocycles. The molecule has 1 rings (SSSR count). The number of nitrogens with zero attached hydrogens (tertiary/aromatic N) is 2. The van der Waals surface area contributed by atoms with Crippen molar-refractivity contribution in [2.24, 2.45) is 24.6 Å². The molecule has 4 nitrogen and oxygen atoms in total. The van der Waals surface area contributed by atoms with Crippen molar-refractivity contribution < 1.29 is 0 Å². The van der Waals surface area contributed by atoms with Crippen molar-refractivity contribution in [1.82, 2.24) is 9.78 Å². The van der Waals surface area contributed by atoms with Gasteiger partial charge in [0.2, 0.25) is 0 Å². The van der Waals surface area contributed by atoms with Crippen LogP contribution in [0.1, 0.15) is 25.2 Å². The molecule has 0 saturated carbocycles. The van der Waals surface area contributed by atoms with Gasteiger partial charge in [0.15, 0.2) is 0 Å². The quantitative estimate of drug-likeness (QED) is 0.800. The Morgan fingerprint density at radius 1 is 1.38 bits per heavy atom. The zero-order valence-corrected chi connectivity index (χ0v) is 11.0. The third-order valence-electron chi connectivity index (χ3n) is 3.30. The van der Waals surface area contributed by atoms with Crippen LogP contribution in [-0.4, -0.2) is 22.9 Å². The number of hydrogen-bond donors (Lipinski definition) is 2. The van der Waals surface area contributed by atoms with E-state index in [9.17, 15) is 0 Å². The molecular formula is C12H24N4. The summed E-state index contributed by atoms with van der Waals surface area (Å²) >= 11 is 0. The lowest BCUT2D eigenvalue weighted by Gasteiger charge is -2.20. The minimum absolute atomic E-state index is 0.513. The maximum Gasteiger partial charge on any atom is 0.0827 e. The number of nitrogens with one attached hydrogen (secondary N) is 1. The van der Waals surface area contributed by atoms with Crippen LogP contribution in [0.3, 0.4) is 0 Å². The fourth-order valence-corrected chi connectivity index (χ4v) is 1.85. The molecule has 0 bridgehead atoms. The van der Waals surface area contributed by atoms with Crippen molar-refractivity contribution in [3.8, 4) is 0 Å². The van der Waals surface area contributed by atoms with Gasteiger partial charge in [0.05, 0.1) is 17.1 Å². The molecular weight excluding hydrogens is 200 g/mol. The van der Waals surface area contributed by atoms with Crippen molar-refractivity contribution >= 4 is 5.69 Å². The van der Waals surface area contributed by atoms with Crippen LogP contribution in [0.15, 0.2) is 0 Å². The molecule has 1 atom stereocenters. The first-order valence-corrected chi connectivity index (χ1v) is 5.91. The lowest BCUT2D eigenvalue weighted by molar-refractivity contribution is 0.413. The third kappa shape index (κ3) is 2.76. The topological polar surface area (TPSA) is 55.9 Å². The predicted octanol–water partition coefficient (Wildman–Crippen LogP) is 1.68. The first-order chi connectivity index (χ1) is 7.47. The highest BCUT2D eigenvalue weighted by Gasteiger charge is 2.14. The Morgan fingerprint density at radius 2 is 2.00 bits per heavy atom. The lowest BCUT2D eigenvalue weighted by atomic mass is 9.96. The molecule has 16 heavy (non-hydrogen) atoms. The summed E-state index contributed by atoms with van der Waals surface area (Å²) < 4.78 is 1.91. The standard InChI is InChI=1S/C12H24N4/c1-8(2)11(6-13)7-14-12-9(3)15-16(5)10(12)4/h8,11,14H,6-7,13H2,1-5H3. The highest BCUT2D eigenvalue weighted by Crippen LogP contribution is 2.19. The van der Waals surface area contributed by atoms with Gasteiger partial charge in [-0.3, -0.25) is 4.68 Å². The Labute approximate surface area is 98.2 Å². The van der Waals surface area contributed by atoms with Crippen molar-refractivity contribution in [2.45, 2.75) is 27.7 Å². The highest BCUT2D eigenvalue weighted by atomic mass is 15.3. The van der Waals surface area contributed by atoms with Gasteiger partial charge in [-0.25, -0.2) is 0 Å². The van der Waals surface area contributed by atoms with E-state index < -0.39 is 0 Å². The van der Waals surface area contributed by atoms with Gasteiger partial charge in [0.1, 0.15) is 0 Å². The Hall–Kier alpha value is -1.03. The molecule has 3 N–H and O–H groups in total.